The number of rotatable bonds is 4. The zero-order valence-corrected chi connectivity index (χ0v) is 11.9. The van der Waals surface area contributed by atoms with Gasteiger partial charge >= 0.3 is 6.18 Å². The number of nitrogens with one attached hydrogen (secondary N) is 1. The molecule has 0 unspecified atom stereocenters. The number of alkyl halides is 3. The first kappa shape index (κ1) is 15.8. The molecule has 1 N–H and O–H groups in total. The minimum Gasteiger partial charge on any atom is -0.342 e. The second-order valence-electron chi connectivity index (χ2n) is 5.42. The van der Waals surface area contributed by atoms with E-state index in [0.29, 0.717) is 11.5 Å². The number of halogens is 3. The van der Waals surface area contributed by atoms with Crippen LogP contribution in [0.2, 0.25) is 0 Å². The van der Waals surface area contributed by atoms with Crippen LogP contribution in [0, 0.1) is 5.92 Å². The van der Waals surface area contributed by atoms with Crippen molar-refractivity contribution in [3.63, 3.8) is 0 Å². The van der Waals surface area contributed by atoms with Gasteiger partial charge in [0.15, 0.2) is 0 Å². The third-order valence-corrected chi connectivity index (χ3v) is 3.77. The molecule has 1 aromatic rings. The van der Waals surface area contributed by atoms with Gasteiger partial charge < -0.3 is 10.2 Å². The number of amides is 1. The number of nitrogens with zero attached hydrogens (tertiary/aromatic N) is 1. The Bertz CT molecular complexity index is 485. The number of benzene rings is 1. The lowest BCUT2D eigenvalue weighted by Crippen LogP contribution is -2.31. The molecule has 0 aromatic heterocycles. The summed E-state index contributed by atoms with van der Waals surface area (Å²) in [7, 11) is 1.88. The van der Waals surface area contributed by atoms with Gasteiger partial charge in [-0.1, -0.05) is 12.1 Å². The Kier molecular flexibility index (Phi) is 4.88. The molecule has 21 heavy (non-hydrogen) atoms. The van der Waals surface area contributed by atoms with E-state index < -0.39 is 11.7 Å². The van der Waals surface area contributed by atoms with E-state index in [2.05, 4.69) is 5.32 Å². The van der Waals surface area contributed by atoms with Gasteiger partial charge in [-0.2, -0.15) is 13.2 Å². The van der Waals surface area contributed by atoms with Crippen LogP contribution in [0.1, 0.15) is 17.5 Å². The van der Waals surface area contributed by atoms with Gasteiger partial charge in [0, 0.05) is 13.1 Å². The number of likely N-dealkylation sites (tertiary alicyclic amines) is 1. The lowest BCUT2D eigenvalue weighted by Gasteiger charge is -2.17. The van der Waals surface area contributed by atoms with Crippen molar-refractivity contribution < 1.29 is 18.0 Å². The standard InChI is InChI=1S/C15H19F3N2O/c1-19-9-12-6-7-20(10-12)14(21)8-11-2-4-13(5-3-11)15(16,17)18/h2-5,12,19H,6-10H2,1H3/t12-/m0/s1. The Balaban J connectivity index is 1.91. The number of carbonyl (C=O) groups excluding carboxylic acids is 1. The third-order valence-electron chi connectivity index (χ3n) is 3.77. The molecule has 0 aliphatic carbocycles. The molecule has 0 saturated carbocycles. The van der Waals surface area contributed by atoms with Gasteiger partial charge in [0.2, 0.25) is 5.91 Å². The van der Waals surface area contributed by atoms with Crippen molar-refractivity contribution in [3.8, 4) is 0 Å². The molecular weight excluding hydrogens is 281 g/mol. The van der Waals surface area contributed by atoms with Gasteiger partial charge in [0.1, 0.15) is 0 Å². The topological polar surface area (TPSA) is 32.3 Å². The maximum atomic E-state index is 12.5. The van der Waals surface area contributed by atoms with E-state index >= 15 is 0 Å². The van der Waals surface area contributed by atoms with Crippen LogP contribution in [0.3, 0.4) is 0 Å². The van der Waals surface area contributed by atoms with E-state index in [1.165, 1.54) is 12.1 Å². The molecule has 1 saturated heterocycles. The fourth-order valence-corrected chi connectivity index (χ4v) is 2.61. The quantitative estimate of drug-likeness (QED) is 0.925. The number of carbonyl (C=O) groups is 1. The Morgan fingerprint density at radius 2 is 2.00 bits per heavy atom. The summed E-state index contributed by atoms with van der Waals surface area (Å²) in [5, 5.41) is 3.09. The highest BCUT2D eigenvalue weighted by Gasteiger charge is 2.30. The van der Waals surface area contributed by atoms with E-state index in [9.17, 15) is 18.0 Å². The smallest absolute Gasteiger partial charge is 0.342 e. The molecule has 0 spiro atoms. The van der Waals surface area contributed by atoms with Crippen LogP contribution in [0.4, 0.5) is 13.2 Å². The Morgan fingerprint density at radius 1 is 1.33 bits per heavy atom. The van der Waals surface area contributed by atoms with Crippen LogP contribution < -0.4 is 5.32 Å². The predicted octanol–water partition coefficient (Wildman–Crippen LogP) is 2.32. The van der Waals surface area contributed by atoms with Crippen LogP contribution in [0.25, 0.3) is 0 Å². The average Bonchev–Trinajstić information content (AvgIpc) is 2.87. The highest BCUT2D eigenvalue weighted by molar-refractivity contribution is 5.79. The summed E-state index contributed by atoms with van der Waals surface area (Å²) in [4.78, 5) is 13.9. The Morgan fingerprint density at radius 3 is 2.57 bits per heavy atom. The lowest BCUT2D eigenvalue weighted by atomic mass is 10.1. The van der Waals surface area contributed by atoms with Gasteiger partial charge in [0.05, 0.1) is 12.0 Å². The fourth-order valence-electron chi connectivity index (χ4n) is 2.61. The summed E-state index contributed by atoms with van der Waals surface area (Å²) in [6.45, 7) is 2.33. The van der Waals surface area contributed by atoms with Crippen molar-refractivity contribution in [2.45, 2.75) is 19.0 Å². The van der Waals surface area contributed by atoms with Crippen molar-refractivity contribution in [1.82, 2.24) is 10.2 Å². The van der Waals surface area contributed by atoms with Crippen LogP contribution in [-0.4, -0.2) is 37.5 Å². The molecule has 1 aromatic carbocycles. The van der Waals surface area contributed by atoms with E-state index in [0.717, 1.165) is 38.2 Å². The normalized spacial score (nSPS) is 19.0. The highest BCUT2D eigenvalue weighted by Crippen LogP contribution is 2.29. The Hall–Kier alpha value is -1.56. The Labute approximate surface area is 122 Å². The van der Waals surface area contributed by atoms with E-state index in [1.807, 2.05) is 7.05 Å². The SMILES string of the molecule is CNC[C@@H]1CCN(C(=O)Cc2ccc(C(F)(F)F)cc2)C1. The molecule has 1 aliphatic rings. The van der Waals surface area contributed by atoms with Gasteiger partial charge in [-0.05, 0) is 43.6 Å². The minimum absolute atomic E-state index is 0.0200. The van der Waals surface area contributed by atoms with E-state index in [1.54, 1.807) is 4.90 Å². The van der Waals surface area contributed by atoms with Gasteiger partial charge in [0.25, 0.3) is 0 Å². The first-order valence-corrected chi connectivity index (χ1v) is 6.98. The molecule has 0 bridgehead atoms. The molecule has 1 atom stereocenters. The van der Waals surface area contributed by atoms with Crippen molar-refractivity contribution >= 4 is 5.91 Å². The molecule has 2 rings (SSSR count). The first-order valence-electron chi connectivity index (χ1n) is 6.98. The van der Waals surface area contributed by atoms with Gasteiger partial charge in [-0.3, -0.25) is 4.79 Å². The van der Waals surface area contributed by atoms with Crippen LogP contribution in [0.5, 0.6) is 0 Å². The molecule has 3 nitrogen and oxygen atoms in total. The maximum Gasteiger partial charge on any atom is 0.416 e. The largest absolute Gasteiger partial charge is 0.416 e. The summed E-state index contributed by atoms with van der Waals surface area (Å²) in [6, 6.07) is 4.80. The van der Waals surface area contributed by atoms with Crippen LogP contribution in [0.15, 0.2) is 24.3 Å². The summed E-state index contributed by atoms with van der Waals surface area (Å²) in [5.74, 6) is 0.444. The molecule has 1 heterocycles. The summed E-state index contributed by atoms with van der Waals surface area (Å²) < 4.78 is 37.4. The van der Waals surface area contributed by atoms with Crippen molar-refractivity contribution in [2.75, 3.05) is 26.7 Å². The molecule has 0 radical (unpaired) electrons. The molecular formula is C15H19F3N2O. The van der Waals surface area contributed by atoms with E-state index in [4.69, 9.17) is 0 Å². The second-order valence-corrected chi connectivity index (χ2v) is 5.42. The number of hydrogen-bond acceptors (Lipinski definition) is 2. The van der Waals surface area contributed by atoms with Crippen LogP contribution in [-0.2, 0) is 17.4 Å². The summed E-state index contributed by atoms with van der Waals surface area (Å²) in [6.07, 6.45) is -3.21. The second kappa shape index (κ2) is 6.47. The van der Waals surface area contributed by atoms with Crippen molar-refractivity contribution in [1.29, 1.82) is 0 Å². The van der Waals surface area contributed by atoms with Crippen molar-refractivity contribution in [3.05, 3.63) is 35.4 Å². The molecule has 1 fully saturated rings. The number of hydrogen-bond donors (Lipinski definition) is 1. The first-order chi connectivity index (χ1) is 9.90. The minimum atomic E-state index is -4.34. The van der Waals surface area contributed by atoms with Gasteiger partial charge in [-0.25, -0.2) is 0 Å². The molecule has 6 heteroatoms. The lowest BCUT2D eigenvalue weighted by molar-refractivity contribution is -0.137. The average molecular weight is 300 g/mol. The highest BCUT2D eigenvalue weighted by atomic mass is 19.4. The molecule has 116 valence electrons. The summed E-state index contributed by atoms with van der Waals surface area (Å²) in [5.41, 5.74) is -0.0703. The van der Waals surface area contributed by atoms with E-state index in [-0.39, 0.29) is 12.3 Å². The monoisotopic (exact) mass is 300 g/mol. The zero-order chi connectivity index (χ0) is 15.5. The molecule has 1 amide bonds. The maximum absolute atomic E-state index is 12.5. The predicted molar refractivity (Wildman–Crippen MR) is 73.8 cm³/mol. The van der Waals surface area contributed by atoms with Crippen molar-refractivity contribution in [2.24, 2.45) is 5.92 Å². The fraction of sp³-hybridized carbons (Fsp3) is 0.533. The molecule has 1 aliphatic heterocycles. The van der Waals surface area contributed by atoms with Crippen LogP contribution >= 0.6 is 0 Å². The zero-order valence-electron chi connectivity index (χ0n) is 11.9. The summed E-state index contributed by atoms with van der Waals surface area (Å²) >= 11 is 0. The third kappa shape index (κ3) is 4.20. The van der Waals surface area contributed by atoms with Gasteiger partial charge in [-0.15, -0.1) is 0 Å².